The Morgan fingerprint density at radius 3 is 3.00 bits per heavy atom. The van der Waals surface area contributed by atoms with E-state index in [9.17, 15) is 0 Å². The molecule has 0 spiro atoms. The zero-order valence-electron chi connectivity index (χ0n) is 9.81. The van der Waals surface area contributed by atoms with Gasteiger partial charge in [0.15, 0.2) is 0 Å². The highest BCUT2D eigenvalue weighted by Crippen LogP contribution is 2.21. The summed E-state index contributed by atoms with van der Waals surface area (Å²) in [5.74, 6) is 0.800. The normalized spacial score (nSPS) is 10.1. The van der Waals surface area contributed by atoms with Crippen LogP contribution in [0.25, 0.3) is 0 Å². The molecule has 18 heavy (non-hydrogen) atoms. The number of hydrogen-bond acceptors (Lipinski definition) is 4. The first-order valence-corrected chi connectivity index (χ1v) is 6.62. The van der Waals surface area contributed by atoms with Crippen LogP contribution in [0.1, 0.15) is 15.4 Å². The summed E-state index contributed by atoms with van der Waals surface area (Å²) in [7, 11) is 0. The van der Waals surface area contributed by atoms with E-state index >= 15 is 0 Å². The molecule has 92 valence electrons. The van der Waals surface area contributed by atoms with Gasteiger partial charge < -0.3 is 4.74 Å². The summed E-state index contributed by atoms with van der Waals surface area (Å²) in [6.07, 6.45) is 2.29. The number of aromatic nitrogens is 1. The highest BCUT2D eigenvalue weighted by Gasteiger charge is 2.02. The summed E-state index contributed by atoms with van der Waals surface area (Å²) >= 11 is 7.34. The first-order chi connectivity index (χ1) is 8.69. The van der Waals surface area contributed by atoms with Crippen LogP contribution in [0, 0.1) is 18.3 Å². The molecular weight excluding hydrogens is 268 g/mol. The maximum absolute atomic E-state index is 8.69. The monoisotopic (exact) mass is 278 g/mol. The molecule has 0 bridgehead atoms. The number of halogens is 1. The summed E-state index contributed by atoms with van der Waals surface area (Å²) in [6, 6.07) is 7.65. The molecule has 0 saturated carbocycles. The van der Waals surface area contributed by atoms with Gasteiger partial charge in [0.05, 0.1) is 17.8 Å². The van der Waals surface area contributed by atoms with E-state index in [0.717, 1.165) is 21.3 Å². The molecule has 0 aliphatic carbocycles. The number of aryl methyl sites for hydroxylation is 1. The maximum atomic E-state index is 8.69. The Bertz CT molecular complexity index is 589. The second kappa shape index (κ2) is 5.85. The average Bonchev–Trinajstić information content (AvgIpc) is 2.82. The maximum Gasteiger partial charge on any atom is 0.124 e. The van der Waals surface area contributed by atoms with Crippen LogP contribution in [0.15, 0.2) is 24.4 Å². The van der Waals surface area contributed by atoms with Gasteiger partial charge in [-0.1, -0.05) is 11.6 Å². The van der Waals surface area contributed by atoms with Gasteiger partial charge in [-0.15, -0.1) is 11.3 Å². The van der Waals surface area contributed by atoms with E-state index in [2.05, 4.69) is 11.1 Å². The Labute approximate surface area is 115 Å². The summed E-state index contributed by atoms with van der Waals surface area (Å²) in [5.41, 5.74) is 0.996. The molecular formula is C13H11ClN2OS. The van der Waals surface area contributed by atoms with Crippen molar-refractivity contribution >= 4 is 22.9 Å². The van der Waals surface area contributed by atoms with Gasteiger partial charge in [-0.05, 0) is 30.7 Å². The lowest BCUT2D eigenvalue weighted by Gasteiger charge is -2.06. The van der Waals surface area contributed by atoms with Gasteiger partial charge in [0.1, 0.15) is 16.7 Å². The number of rotatable bonds is 4. The summed E-state index contributed by atoms with van der Waals surface area (Å²) in [6.45, 7) is 2.48. The van der Waals surface area contributed by atoms with Gasteiger partial charge in [-0.3, -0.25) is 0 Å². The smallest absolute Gasteiger partial charge is 0.124 e. The summed E-state index contributed by atoms with van der Waals surface area (Å²) in [4.78, 5) is 4.78. The van der Waals surface area contributed by atoms with E-state index in [1.54, 1.807) is 6.20 Å². The first-order valence-electron chi connectivity index (χ1n) is 5.43. The summed E-state index contributed by atoms with van der Waals surface area (Å²) in [5, 5.41) is 10.3. The van der Waals surface area contributed by atoms with Crippen LogP contribution in [0.5, 0.6) is 5.75 Å². The molecule has 0 saturated heterocycles. The fourth-order valence-corrected chi connectivity index (χ4v) is 2.25. The lowest BCUT2D eigenvalue weighted by atomic mass is 10.2. The van der Waals surface area contributed by atoms with Crippen molar-refractivity contribution in [3.8, 4) is 11.8 Å². The number of benzene rings is 1. The summed E-state index contributed by atoms with van der Waals surface area (Å²) < 4.78 is 5.61. The van der Waals surface area contributed by atoms with Gasteiger partial charge in [0.2, 0.25) is 0 Å². The van der Waals surface area contributed by atoms with Crippen molar-refractivity contribution in [2.75, 3.05) is 6.61 Å². The van der Waals surface area contributed by atoms with Crippen LogP contribution in [-0.2, 0) is 6.42 Å². The highest BCUT2D eigenvalue weighted by atomic mass is 35.5. The standard InChI is InChI=1S/C13H11ClN2OS/c1-9-6-10(2-3-12(9)14)17-5-4-13-16-8-11(7-15)18-13/h2-3,6,8H,4-5H2,1H3. The number of nitriles is 1. The Morgan fingerprint density at radius 2 is 2.33 bits per heavy atom. The molecule has 1 aromatic carbocycles. The van der Waals surface area contributed by atoms with Crippen molar-refractivity contribution in [1.82, 2.24) is 4.98 Å². The molecule has 1 heterocycles. The van der Waals surface area contributed by atoms with E-state index < -0.39 is 0 Å². The molecule has 3 nitrogen and oxygen atoms in total. The number of ether oxygens (including phenoxy) is 1. The third-order valence-corrected chi connectivity index (χ3v) is 3.76. The third kappa shape index (κ3) is 3.22. The second-order valence-corrected chi connectivity index (χ2v) is 5.26. The van der Waals surface area contributed by atoms with Crippen LogP contribution in [0.2, 0.25) is 5.02 Å². The third-order valence-electron chi connectivity index (χ3n) is 2.38. The molecule has 2 rings (SSSR count). The zero-order chi connectivity index (χ0) is 13.0. The minimum atomic E-state index is 0.541. The van der Waals surface area contributed by atoms with Crippen molar-refractivity contribution in [2.24, 2.45) is 0 Å². The van der Waals surface area contributed by atoms with Crippen molar-refractivity contribution in [1.29, 1.82) is 5.26 Å². The van der Waals surface area contributed by atoms with Crippen LogP contribution in [0.4, 0.5) is 0 Å². The number of thiazole rings is 1. The van der Waals surface area contributed by atoms with Gasteiger partial charge in [-0.2, -0.15) is 5.26 Å². The minimum Gasteiger partial charge on any atom is -0.493 e. The Balaban J connectivity index is 1.88. The topological polar surface area (TPSA) is 45.9 Å². The van der Waals surface area contributed by atoms with Crippen LogP contribution in [0.3, 0.4) is 0 Å². The van der Waals surface area contributed by atoms with Crippen LogP contribution >= 0.6 is 22.9 Å². The predicted molar refractivity (Wildman–Crippen MR) is 72.2 cm³/mol. The molecule has 0 unspecified atom stereocenters. The quantitative estimate of drug-likeness (QED) is 0.858. The largest absolute Gasteiger partial charge is 0.493 e. The van der Waals surface area contributed by atoms with E-state index in [1.165, 1.54) is 11.3 Å². The van der Waals surface area contributed by atoms with Gasteiger partial charge in [0, 0.05) is 11.4 Å². The molecule has 0 radical (unpaired) electrons. The number of nitrogens with zero attached hydrogens (tertiary/aromatic N) is 2. The predicted octanol–water partition coefficient (Wildman–Crippen LogP) is 3.60. The van der Waals surface area contributed by atoms with E-state index in [-0.39, 0.29) is 0 Å². The molecule has 0 aliphatic rings. The van der Waals surface area contributed by atoms with E-state index in [0.29, 0.717) is 17.9 Å². The van der Waals surface area contributed by atoms with Crippen molar-refractivity contribution in [3.63, 3.8) is 0 Å². The lowest BCUT2D eigenvalue weighted by Crippen LogP contribution is -2.01. The average molecular weight is 279 g/mol. The Morgan fingerprint density at radius 1 is 1.50 bits per heavy atom. The van der Waals surface area contributed by atoms with Crippen molar-refractivity contribution in [2.45, 2.75) is 13.3 Å². The minimum absolute atomic E-state index is 0.541. The molecule has 0 N–H and O–H groups in total. The van der Waals surface area contributed by atoms with Crippen LogP contribution in [-0.4, -0.2) is 11.6 Å². The van der Waals surface area contributed by atoms with Crippen LogP contribution < -0.4 is 4.74 Å². The molecule has 5 heteroatoms. The Hall–Kier alpha value is -1.57. The Kier molecular flexibility index (Phi) is 4.19. The van der Waals surface area contributed by atoms with Gasteiger partial charge >= 0.3 is 0 Å². The molecule has 0 atom stereocenters. The fourth-order valence-electron chi connectivity index (χ4n) is 1.44. The van der Waals surface area contributed by atoms with Crippen molar-refractivity contribution < 1.29 is 4.74 Å². The van der Waals surface area contributed by atoms with Gasteiger partial charge in [-0.25, -0.2) is 4.98 Å². The van der Waals surface area contributed by atoms with Gasteiger partial charge in [0.25, 0.3) is 0 Å². The van der Waals surface area contributed by atoms with E-state index in [4.69, 9.17) is 21.6 Å². The molecule has 2 aromatic rings. The zero-order valence-corrected chi connectivity index (χ0v) is 11.4. The van der Waals surface area contributed by atoms with Crippen molar-refractivity contribution in [3.05, 3.63) is 44.9 Å². The SMILES string of the molecule is Cc1cc(OCCc2ncc(C#N)s2)ccc1Cl. The highest BCUT2D eigenvalue weighted by molar-refractivity contribution is 7.12. The molecule has 0 amide bonds. The first kappa shape index (κ1) is 12.9. The van der Waals surface area contributed by atoms with E-state index in [1.807, 2.05) is 25.1 Å². The molecule has 1 aromatic heterocycles. The second-order valence-electron chi connectivity index (χ2n) is 3.74. The molecule has 0 fully saturated rings. The fraction of sp³-hybridized carbons (Fsp3) is 0.231. The lowest BCUT2D eigenvalue weighted by molar-refractivity contribution is 0.321. The number of hydrogen-bond donors (Lipinski definition) is 0. The molecule has 0 aliphatic heterocycles.